The Morgan fingerprint density at radius 1 is 1.35 bits per heavy atom. The van der Waals surface area contributed by atoms with Gasteiger partial charge in [-0.1, -0.05) is 11.6 Å². The molecule has 3 nitrogen and oxygen atoms in total. The average Bonchev–Trinajstić information content (AvgIpc) is 2.36. The molecule has 17 heavy (non-hydrogen) atoms. The van der Waals surface area contributed by atoms with E-state index in [1.807, 2.05) is 0 Å². The Kier molecular flexibility index (Phi) is 3.59. The molecule has 1 aromatic carbocycles. The zero-order valence-corrected chi connectivity index (χ0v) is 11.2. The molecule has 0 unspecified atom stereocenters. The molecule has 0 aliphatic heterocycles. The summed E-state index contributed by atoms with van der Waals surface area (Å²) >= 11 is 8.99. The van der Waals surface area contributed by atoms with Gasteiger partial charge in [-0.25, -0.2) is 14.4 Å². The highest BCUT2D eigenvalue weighted by Crippen LogP contribution is 2.32. The molecule has 0 radical (unpaired) electrons. The molecule has 0 saturated heterocycles. The molecule has 1 aromatic heterocycles. The highest BCUT2D eigenvalue weighted by atomic mass is 79.9. The van der Waals surface area contributed by atoms with E-state index in [9.17, 15) is 4.39 Å². The summed E-state index contributed by atoms with van der Waals surface area (Å²) in [7, 11) is 1.73. The van der Waals surface area contributed by atoms with Crippen LogP contribution in [0.4, 0.5) is 10.2 Å². The summed E-state index contributed by atoms with van der Waals surface area (Å²) in [6, 6.07) is 4.96. The predicted octanol–water partition coefficient (Wildman–Crippen LogP) is 3.74. The van der Waals surface area contributed by atoms with Crippen LogP contribution in [0.15, 0.2) is 29.0 Å². The van der Waals surface area contributed by atoms with Gasteiger partial charge >= 0.3 is 0 Å². The van der Waals surface area contributed by atoms with Crippen molar-refractivity contribution in [3.05, 3.63) is 39.8 Å². The number of aromatic nitrogens is 2. The van der Waals surface area contributed by atoms with E-state index in [1.165, 1.54) is 6.33 Å². The van der Waals surface area contributed by atoms with Gasteiger partial charge in [0.25, 0.3) is 0 Å². The molecule has 0 saturated carbocycles. The Balaban J connectivity index is 2.56. The molecule has 0 aliphatic carbocycles. The van der Waals surface area contributed by atoms with Crippen LogP contribution in [0.3, 0.4) is 0 Å². The Morgan fingerprint density at radius 3 is 2.82 bits per heavy atom. The third-order valence-electron chi connectivity index (χ3n) is 2.23. The number of benzene rings is 1. The first-order chi connectivity index (χ1) is 8.13. The van der Waals surface area contributed by atoms with Crippen molar-refractivity contribution in [1.29, 1.82) is 0 Å². The van der Waals surface area contributed by atoms with Gasteiger partial charge in [0.1, 0.15) is 12.1 Å². The van der Waals surface area contributed by atoms with E-state index in [-0.39, 0.29) is 5.02 Å². The van der Waals surface area contributed by atoms with Crippen molar-refractivity contribution in [3.63, 3.8) is 0 Å². The Hall–Kier alpha value is -1.20. The fourth-order valence-electron chi connectivity index (χ4n) is 1.37. The summed E-state index contributed by atoms with van der Waals surface area (Å²) in [6.07, 6.45) is 1.37. The monoisotopic (exact) mass is 315 g/mol. The van der Waals surface area contributed by atoms with Gasteiger partial charge in [-0.05, 0) is 28.1 Å². The predicted molar refractivity (Wildman–Crippen MR) is 69.7 cm³/mol. The first-order valence-electron chi connectivity index (χ1n) is 4.77. The highest BCUT2D eigenvalue weighted by molar-refractivity contribution is 9.10. The van der Waals surface area contributed by atoms with Crippen molar-refractivity contribution in [3.8, 4) is 11.3 Å². The van der Waals surface area contributed by atoms with Crippen molar-refractivity contribution in [2.24, 2.45) is 0 Å². The lowest BCUT2D eigenvalue weighted by atomic mass is 10.1. The van der Waals surface area contributed by atoms with Gasteiger partial charge in [0.05, 0.1) is 10.7 Å². The molecule has 2 rings (SSSR count). The van der Waals surface area contributed by atoms with Crippen LogP contribution in [-0.4, -0.2) is 17.0 Å². The maximum atomic E-state index is 13.9. The number of rotatable bonds is 2. The van der Waals surface area contributed by atoms with Crippen molar-refractivity contribution in [1.82, 2.24) is 9.97 Å². The smallest absolute Gasteiger partial charge is 0.152 e. The van der Waals surface area contributed by atoms with E-state index in [4.69, 9.17) is 11.6 Å². The molecule has 0 bridgehead atoms. The van der Waals surface area contributed by atoms with E-state index in [0.717, 1.165) is 0 Å². The van der Waals surface area contributed by atoms with Crippen LogP contribution in [0.25, 0.3) is 11.3 Å². The van der Waals surface area contributed by atoms with Crippen LogP contribution in [0.1, 0.15) is 0 Å². The van der Waals surface area contributed by atoms with Gasteiger partial charge in [0, 0.05) is 23.2 Å². The number of hydrogen-bond acceptors (Lipinski definition) is 3. The molecule has 0 aliphatic rings. The van der Waals surface area contributed by atoms with E-state index < -0.39 is 5.82 Å². The molecule has 6 heteroatoms. The number of anilines is 1. The summed E-state index contributed by atoms with van der Waals surface area (Å²) < 4.78 is 14.5. The van der Waals surface area contributed by atoms with Crippen LogP contribution >= 0.6 is 27.5 Å². The summed E-state index contributed by atoms with van der Waals surface area (Å²) in [5.41, 5.74) is 0.827. The molecule has 1 heterocycles. The number of nitrogens with zero attached hydrogens (tertiary/aromatic N) is 2. The van der Waals surface area contributed by atoms with Crippen molar-refractivity contribution < 1.29 is 4.39 Å². The highest BCUT2D eigenvalue weighted by Gasteiger charge is 2.13. The Morgan fingerprint density at radius 2 is 2.12 bits per heavy atom. The van der Waals surface area contributed by atoms with Crippen molar-refractivity contribution in [2.45, 2.75) is 0 Å². The van der Waals surface area contributed by atoms with E-state index in [0.29, 0.717) is 21.5 Å². The standard InChI is InChI=1S/C11H8BrClFN3/c1-15-9-4-8(16-5-17-9)6-2-3-7(12)10(13)11(6)14/h2-5H,1H3,(H,15,16,17). The number of nitrogens with one attached hydrogen (secondary N) is 1. The van der Waals surface area contributed by atoms with Gasteiger partial charge < -0.3 is 5.32 Å². The fraction of sp³-hybridized carbons (Fsp3) is 0.0909. The zero-order valence-electron chi connectivity index (χ0n) is 8.84. The van der Waals surface area contributed by atoms with E-state index in [2.05, 4.69) is 31.2 Å². The first-order valence-corrected chi connectivity index (χ1v) is 5.94. The molecule has 88 valence electrons. The molecule has 0 fully saturated rings. The molecular formula is C11H8BrClFN3. The second-order valence-corrected chi connectivity index (χ2v) is 4.49. The summed E-state index contributed by atoms with van der Waals surface area (Å²) in [5.74, 6) is 0.121. The molecule has 2 aromatic rings. The Bertz CT molecular complexity index is 562. The van der Waals surface area contributed by atoms with E-state index >= 15 is 0 Å². The lowest BCUT2D eigenvalue weighted by molar-refractivity contribution is 0.630. The number of halogens is 3. The lowest BCUT2D eigenvalue weighted by Crippen LogP contribution is -1.95. The minimum atomic E-state index is -0.498. The van der Waals surface area contributed by atoms with Gasteiger partial charge in [-0.15, -0.1) is 0 Å². The number of hydrogen-bond donors (Lipinski definition) is 1. The third kappa shape index (κ3) is 2.40. The SMILES string of the molecule is CNc1cc(-c2ccc(Br)c(Cl)c2F)ncn1. The van der Waals surface area contributed by atoms with Gasteiger partial charge in [-0.3, -0.25) is 0 Å². The maximum absolute atomic E-state index is 13.9. The fourth-order valence-corrected chi connectivity index (χ4v) is 1.84. The maximum Gasteiger partial charge on any atom is 0.152 e. The van der Waals surface area contributed by atoms with Crippen LogP contribution in [-0.2, 0) is 0 Å². The quantitative estimate of drug-likeness (QED) is 0.858. The van der Waals surface area contributed by atoms with Crippen LogP contribution < -0.4 is 5.32 Å². The van der Waals surface area contributed by atoms with E-state index in [1.54, 1.807) is 25.2 Å². The van der Waals surface area contributed by atoms with Gasteiger partial charge in [0.15, 0.2) is 5.82 Å². The third-order valence-corrected chi connectivity index (χ3v) is 3.49. The second kappa shape index (κ2) is 4.98. The van der Waals surface area contributed by atoms with Crippen LogP contribution in [0, 0.1) is 5.82 Å². The van der Waals surface area contributed by atoms with Crippen molar-refractivity contribution >= 4 is 33.3 Å². The lowest BCUT2D eigenvalue weighted by Gasteiger charge is -2.06. The normalized spacial score (nSPS) is 10.4. The zero-order chi connectivity index (χ0) is 12.4. The Labute approximate surface area is 111 Å². The summed E-state index contributed by atoms with van der Waals surface area (Å²) in [5, 5.41) is 2.92. The largest absolute Gasteiger partial charge is 0.373 e. The molecule has 1 N–H and O–H groups in total. The average molecular weight is 317 g/mol. The second-order valence-electron chi connectivity index (χ2n) is 3.26. The summed E-state index contributed by atoms with van der Waals surface area (Å²) in [6.45, 7) is 0. The van der Waals surface area contributed by atoms with Gasteiger partial charge in [-0.2, -0.15) is 0 Å². The molecular weight excluding hydrogens is 308 g/mol. The summed E-state index contributed by atoms with van der Waals surface area (Å²) in [4.78, 5) is 7.99. The molecule has 0 atom stereocenters. The topological polar surface area (TPSA) is 37.8 Å². The van der Waals surface area contributed by atoms with Crippen LogP contribution in [0.2, 0.25) is 5.02 Å². The van der Waals surface area contributed by atoms with Crippen molar-refractivity contribution in [2.75, 3.05) is 12.4 Å². The minimum absolute atomic E-state index is 0.0483. The van der Waals surface area contributed by atoms with Gasteiger partial charge in [0.2, 0.25) is 0 Å². The molecule has 0 spiro atoms. The minimum Gasteiger partial charge on any atom is -0.373 e. The molecule has 0 amide bonds. The van der Waals surface area contributed by atoms with Crippen LogP contribution in [0.5, 0.6) is 0 Å². The first kappa shape index (κ1) is 12.3.